The molecule has 0 aromatic carbocycles. The highest BCUT2D eigenvalue weighted by molar-refractivity contribution is 4.83. The van der Waals surface area contributed by atoms with Crippen LogP contribution in [-0.4, -0.2) is 30.6 Å². The van der Waals surface area contributed by atoms with E-state index in [9.17, 15) is 0 Å². The maximum Gasteiger partial charge on any atom is 0.0246 e. The highest BCUT2D eigenvalue weighted by Crippen LogP contribution is 2.29. The second-order valence-corrected chi connectivity index (χ2v) is 6.00. The van der Waals surface area contributed by atoms with Crippen LogP contribution in [0.25, 0.3) is 0 Å². The molecule has 1 unspecified atom stereocenters. The van der Waals surface area contributed by atoms with Gasteiger partial charge in [0.2, 0.25) is 0 Å². The molecule has 1 saturated carbocycles. The number of nitrogens with zero attached hydrogens (tertiary/aromatic N) is 1. The fourth-order valence-corrected chi connectivity index (χ4v) is 3.76. The molecule has 0 aromatic heterocycles. The van der Waals surface area contributed by atoms with E-state index in [4.69, 9.17) is 5.73 Å². The summed E-state index contributed by atoms with van der Waals surface area (Å²) < 4.78 is 0. The van der Waals surface area contributed by atoms with Gasteiger partial charge in [-0.15, -0.1) is 0 Å². The molecule has 2 N–H and O–H groups in total. The van der Waals surface area contributed by atoms with Crippen LogP contribution < -0.4 is 5.73 Å². The molecular formula is C15H30N2. The van der Waals surface area contributed by atoms with Crippen LogP contribution in [0.3, 0.4) is 0 Å². The Labute approximate surface area is 107 Å². The molecule has 1 heterocycles. The monoisotopic (exact) mass is 238 g/mol. The molecule has 1 aliphatic carbocycles. The summed E-state index contributed by atoms with van der Waals surface area (Å²) in [5, 5.41) is 0. The van der Waals surface area contributed by atoms with E-state index in [1.54, 1.807) is 0 Å². The van der Waals surface area contributed by atoms with E-state index >= 15 is 0 Å². The summed E-state index contributed by atoms with van der Waals surface area (Å²) in [5.41, 5.74) is 6.08. The van der Waals surface area contributed by atoms with Crippen molar-refractivity contribution in [2.75, 3.05) is 19.6 Å². The lowest BCUT2D eigenvalue weighted by Crippen LogP contribution is -2.47. The van der Waals surface area contributed by atoms with Crippen LogP contribution in [0.4, 0.5) is 0 Å². The predicted octanol–water partition coefficient (Wildman–Crippen LogP) is 3.16. The first-order valence-electron chi connectivity index (χ1n) is 7.86. The summed E-state index contributed by atoms with van der Waals surface area (Å²) in [6.45, 7) is 3.49. The minimum absolute atomic E-state index is 0.688. The molecule has 1 saturated heterocycles. The average Bonchev–Trinajstić information content (AvgIpc) is 2.34. The molecule has 2 rings (SSSR count). The van der Waals surface area contributed by atoms with Crippen molar-refractivity contribution in [3.63, 3.8) is 0 Å². The van der Waals surface area contributed by atoms with Crippen molar-refractivity contribution in [3.05, 3.63) is 0 Å². The van der Waals surface area contributed by atoms with Gasteiger partial charge in [-0.05, 0) is 44.7 Å². The quantitative estimate of drug-likeness (QED) is 0.818. The molecule has 2 aliphatic rings. The van der Waals surface area contributed by atoms with Crippen molar-refractivity contribution >= 4 is 0 Å². The summed E-state index contributed by atoms with van der Waals surface area (Å²) in [7, 11) is 0. The number of hydrogen-bond acceptors (Lipinski definition) is 2. The molecule has 17 heavy (non-hydrogen) atoms. The zero-order chi connectivity index (χ0) is 11.9. The Morgan fingerprint density at radius 2 is 1.35 bits per heavy atom. The van der Waals surface area contributed by atoms with Gasteiger partial charge in [0.15, 0.2) is 0 Å². The van der Waals surface area contributed by atoms with Gasteiger partial charge in [0.05, 0.1) is 0 Å². The predicted molar refractivity (Wildman–Crippen MR) is 74.1 cm³/mol. The maximum absolute atomic E-state index is 6.08. The number of rotatable bonds is 3. The van der Waals surface area contributed by atoms with E-state index < -0.39 is 0 Å². The van der Waals surface area contributed by atoms with Crippen molar-refractivity contribution in [2.45, 2.75) is 70.3 Å². The van der Waals surface area contributed by atoms with E-state index in [2.05, 4.69) is 4.90 Å². The Kier molecular flexibility index (Phi) is 5.79. The first kappa shape index (κ1) is 13.4. The lowest BCUT2D eigenvalue weighted by molar-refractivity contribution is 0.112. The van der Waals surface area contributed by atoms with Gasteiger partial charge >= 0.3 is 0 Å². The Bertz CT molecular complexity index is 191. The molecule has 100 valence electrons. The fourth-order valence-electron chi connectivity index (χ4n) is 3.76. The van der Waals surface area contributed by atoms with E-state index in [1.165, 1.54) is 77.3 Å². The van der Waals surface area contributed by atoms with Crippen LogP contribution in [0.15, 0.2) is 0 Å². The normalized spacial score (nSPS) is 27.4. The zero-order valence-electron chi connectivity index (χ0n) is 11.4. The molecular weight excluding hydrogens is 208 g/mol. The number of likely N-dealkylation sites (tertiary alicyclic amines) is 1. The Morgan fingerprint density at radius 1 is 0.824 bits per heavy atom. The van der Waals surface area contributed by atoms with E-state index in [0.717, 1.165) is 12.5 Å². The van der Waals surface area contributed by atoms with Gasteiger partial charge in [-0.2, -0.15) is 0 Å². The second-order valence-electron chi connectivity index (χ2n) is 6.00. The van der Waals surface area contributed by atoms with Crippen molar-refractivity contribution in [3.8, 4) is 0 Å². The standard InChI is InChI=1S/C15H30N2/c16-13-15(14-9-5-4-6-10-14)17-11-7-2-1-3-8-12-17/h14-15H,1-13,16H2. The summed E-state index contributed by atoms with van der Waals surface area (Å²) in [5.74, 6) is 0.896. The first-order valence-corrected chi connectivity index (χ1v) is 7.86. The van der Waals surface area contributed by atoms with Gasteiger partial charge < -0.3 is 5.73 Å². The fraction of sp³-hybridized carbons (Fsp3) is 1.00. The van der Waals surface area contributed by atoms with Gasteiger partial charge in [0.25, 0.3) is 0 Å². The topological polar surface area (TPSA) is 29.3 Å². The average molecular weight is 238 g/mol. The Morgan fingerprint density at radius 3 is 1.94 bits per heavy atom. The van der Waals surface area contributed by atoms with Gasteiger partial charge in [-0.3, -0.25) is 4.90 Å². The van der Waals surface area contributed by atoms with E-state index in [1.807, 2.05) is 0 Å². The van der Waals surface area contributed by atoms with Crippen LogP contribution >= 0.6 is 0 Å². The van der Waals surface area contributed by atoms with Crippen molar-refractivity contribution in [2.24, 2.45) is 11.7 Å². The van der Waals surface area contributed by atoms with Gasteiger partial charge in [0.1, 0.15) is 0 Å². The second kappa shape index (κ2) is 7.38. The highest BCUT2D eigenvalue weighted by Gasteiger charge is 2.27. The maximum atomic E-state index is 6.08. The molecule has 2 nitrogen and oxygen atoms in total. The van der Waals surface area contributed by atoms with Crippen LogP contribution in [0.5, 0.6) is 0 Å². The van der Waals surface area contributed by atoms with Crippen LogP contribution in [0, 0.1) is 5.92 Å². The third-order valence-electron chi connectivity index (χ3n) is 4.80. The number of nitrogens with two attached hydrogens (primary N) is 1. The molecule has 0 aromatic rings. The summed E-state index contributed by atoms with van der Waals surface area (Å²) in [6.07, 6.45) is 14.3. The molecule has 1 aliphatic heterocycles. The minimum atomic E-state index is 0.688. The minimum Gasteiger partial charge on any atom is -0.329 e. The van der Waals surface area contributed by atoms with Gasteiger partial charge in [-0.1, -0.05) is 38.5 Å². The molecule has 0 amide bonds. The van der Waals surface area contributed by atoms with E-state index in [0.29, 0.717) is 6.04 Å². The molecule has 2 fully saturated rings. The summed E-state index contributed by atoms with van der Waals surface area (Å²) >= 11 is 0. The molecule has 0 bridgehead atoms. The highest BCUT2D eigenvalue weighted by atomic mass is 15.2. The Balaban J connectivity index is 1.89. The van der Waals surface area contributed by atoms with E-state index in [-0.39, 0.29) is 0 Å². The smallest absolute Gasteiger partial charge is 0.0246 e. The third kappa shape index (κ3) is 3.96. The lowest BCUT2D eigenvalue weighted by Gasteiger charge is -2.39. The molecule has 0 radical (unpaired) electrons. The number of hydrogen-bond donors (Lipinski definition) is 1. The zero-order valence-corrected chi connectivity index (χ0v) is 11.4. The molecule has 0 spiro atoms. The van der Waals surface area contributed by atoms with Gasteiger partial charge in [-0.25, -0.2) is 0 Å². The molecule has 1 atom stereocenters. The van der Waals surface area contributed by atoms with Crippen molar-refractivity contribution in [1.29, 1.82) is 0 Å². The summed E-state index contributed by atoms with van der Waals surface area (Å²) in [6, 6.07) is 0.688. The first-order chi connectivity index (χ1) is 8.42. The van der Waals surface area contributed by atoms with Crippen molar-refractivity contribution in [1.82, 2.24) is 4.90 Å². The van der Waals surface area contributed by atoms with Crippen LogP contribution in [0.2, 0.25) is 0 Å². The van der Waals surface area contributed by atoms with Crippen LogP contribution in [0.1, 0.15) is 64.2 Å². The largest absolute Gasteiger partial charge is 0.329 e. The third-order valence-corrected chi connectivity index (χ3v) is 4.80. The van der Waals surface area contributed by atoms with Crippen LogP contribution in [-0.2, 0) is 0 Å². The van der Waals surface area contributed by atoms with Gasteiger partial charge in [0, 0.05) is 12.6 Å². The summed E-state index contributed by atoms with van der Waals surface area (Å²) in [4.78, 5) is 2.73. The lowest BCUT2D eigenvalue weighted by atomic mass is 9.83. The SMILES string of the molecule is NCC(C1CCCCC1)N1CCCCCCC1. The molecule has 2 heteroatoms. The van der Waals surface area contributed by atoms with Crippen molar-refractivity contribution < 1.29 is 0 Å². The Hall–Kier alpha value is -0.0800.